The van der Waals surface area contributed by atoms with Crippen molar-refractivity contribution in [1.29, 1.82) is 0 Å². The van der Waals surface area contributed by atoms with Crippen LogP contribution in [0.25, 0.3) is 10.4 Å². The first-order valence-electron chi connectivity index (χ1n) is 3.94. The predicted octanol–water partition coefficient (Wildman–Crippen LogP) is 2.79. The largest absolute Gasteiger partial charge is 0.246 e. The van der Waals surface area contributed by atoms with Gasteiger partial charge >= 0.3 is 0 Å². The zero-order valence-electron chi connectivity index (χ0n) is 7.31. The standard InChI is InChI=1S/C9H7ClN4/c10-8-4-5-9(12-7-8)3-1-2-6-13-14-11/h4-5,7H,2,6H2. The molecule has 1 aromatic heterocycles. The van der Waals surface area contributed by atoms with Gasteiger partial charge < -0.3 is 0 Å². The molecular formula is C9H7ClN4. The molecule has 1 heterocycles. The molecule has 1 rings (SSSR count). The van der Waals surface area contributed by atoms with E-state index in [0.717, 1.165) is 0 Å². The van der Waals surface area contributed by atoms with Gasteiger partial charge in [-0.1, -0.05) is 22.6 Å². The van der Waals surface area contributed by atoms with Crippen molar-refractivity contribution in [3.8, 4) is 11.8 Å². The van der Waals surface area contributed by atoms with Gasteiger partial charge in [-0.15, -0.1) is 0 Å². The molecule has 4 nitrogen and oxygen atoms in total. The normalized spacial score (nSPS) is 8.36. The SMILES string of the molecule is [N-]=[N+]=NCCC#Cc1ccc(Cl)cn1. The van der Waals surface area contributed by atoms with Crippen LogP contribution in [-0.2, 0) is 0 Å². The average molecular weight is 207 g/mol. The lowest BCUT2D eigenvalue weighted by atomic mass is 10.3. The van der Waals surface area contributed by atoms with Gasteiger partial charge in [0.15, 0.2) is 0 Å². The molecule has 0 aliphatic carbocycles. The van der Waals surface area contributed by atoms with Crippen molar-refractivity contribution in [3.63, 3.8) is 0 Å². The fraction of sp³-hybridized carbons (Fsp3) is 0.222. The number of aromatic nitrogens is 1. The third-order valence-electron chi connectivity index (χ3n) is 1.34. The fourth-order valence-corrected chi connectivity index (χ4v) is 0.865. The fourth-order valence-electron chi connectivity index (χ4n) is 0.753. The molecule has 0 fully saturated rings. The van der Waals surface area contributed by atoms with Crippen molar-refractivity contribution in [2.24, 2.45) is 5.11 Å². The third kappa shape index (κ3) is 3.81. The van der Waals surface area contributed by atoms with Crippen molar-refractivity contribution >= 4 is 11.6 Å². The molecule has 1 aromatic rings. The molecule has 14 heavy (non-hydrogen) atoms. The van der Waals surface area contributed by atoms with E-state index in [1.165, 1.54) is 0 Å². The van der Waals surface area contributed by atoms with Gasteiger partial charge in [0.05, 0.1) is 5.02 Å². The van der Waals surface area contributed by atoms with Crippen LogP contribution in [0, 0.1) is 11.8 Å². The van der Waals surface area contributed by atoms with Crippen molar-refractivity contribution in [2.45, 2.75) is 6.42 Å². The Labute approximate surface area is 86.5 Å². The van der Waals surface area contributed by atoms with Crippen LogP contribution in [0.4, 0.5) is 0 Å². The highest BCUT2D eigenvalue weighted by Gasteiger charge is 1.87. The number of hydrogen-bond acceptors (Lipinski definition) is 2. The first kappa shape index (κ1) is 10.4. The molecule has 0 unspecified atom stereocenters. The summed E-state index contributed by atoms with van der Waals surface area (Å²) in [6.45, 7) is 0.386. The highest BCUT2D eigenvalue weighted by molar-refractivity contribution is 6.30. The van der Waals surface area contributed by atoms with E-state index in [0.29, 0.717) is 23.7 Å². The Morgan fingerprint density at radius 2 is 2.43 bits per heavy atom. The Morgan fingerprint density at radius 1 is 1.57 bits per heavy atom. The molecule has 0 spiro atoms. The van der Waals surface area contributed by atoms with Crippen molar-refractivity contribution < 1.29 is 0 Å². The first-order valence-corrected chi connectivity index (χ1v) is 4.32. The van der Waals surface area contributed by atoms with Crippen molar-refractivity contribution in [1.82, 2.24) is 4.98 Å². The zero-order valence-corrected chi connectivity index (χ0v) is 8.07. The monoisotopic (exact) mass is 206 g/mol. The Balaban J connectivity index is 2.51. The second-order valence-electron chi connectivity index (χ2n) is 2.37. The second-order valence-corrected chi connectivity index (χ2v) is 2.80. The van der Waals surface area contributed by atoms with Gasteiger partial charge in [0.2, 0.25) is 0 Å². The third-order valence-corrected chi connectivity index (χ3v) is 1.57. The van der Waals surface area contributed by atoms with E-state index < -0.39 is 0 Å². The highest BCUT2D eigenvalue weighted by Crippen LogP contribution is 2.04. The van der Waals surface area contributed by atoms with Crippen LogP contribution in [0.2, 0.25) is 5.02 Å². The molecule has 0 amide bonds. The average Bonchev–Trinajstić information content (AvgIpc) is 2.21. The molecule has 0 aliphatic rings. The molecule has 0 aromatic carbocycles. The van der Waals surface area contributed by atoms with Crippen molar-refractivity contribution in [3.05, 3.63) is 39.5 Å². The lowest BCUT2D eigenvalue weighted by Crippen LogP contribution is -1.80. The Kier molecular flexibility index (Phi) is 4.36. The van der Waals surface area contributed by atoms with E-state index in [1.54, 1.807) is 18.3 Å². The number of hydrogen-bond donors (Lipinski definition) is 0. The Bertz CT molecular complexity index is 395. The first-order chi connectivity index (χ1) is 6.83. The summed E-state index contributed by atoms with van der Waals surface area (Å²) < 4.78 is 0. The smallest absolute Gasteiger partial charge is 0.113 e. The minimum Gasteiger partial charge on any atom is -0.246 e. The molecule has 0 saturated carbocycles. The van der Waals surface area contributed by atoms with Crippen LogP contribution >= 0.6 is 11.6 Å². The Morgan fingerprint density at radius 3 is 3.07 bits per heavy atom. The summed E-state index contributed by atoms with van der Waals surface area (Å²) in [5, 5.41) is 3.94. The number of azide groups is 1. The van der Waals surface area contributed by atoms with Gasteiger partial charge in [-0.2, -0.15) is 0 Å². The van der Waals surface area contributed by atoms with E-state index in [2.05, 4.69) is 26.9 Å². The highest BCUT2D eigenvalue weighted by atomic mass is 35.5. The maximum absolute atomic E-state index is 8.00. The summed E-state index contributed by atoms with van der Waals surface area (Å²) in [5.41, 5.74) is 8.66. The minimum absolute atomic E-state index is 0.386. The molecule has 0 radical (unpaired) electrons. The predicted molar refractivity (Wildman–Crippen MR) is 54.8 cm³/mol. The summed E-state index contributed by atoms with van der Waals surface area (Å²) in [6.07, 6.45) is 2.08. The molecule has 70 valence electrons. The van der Waals surface area contributed by atoms with Crippen LogP contribution in [-0.4, -0.2) is 11.5 Å². The number of rotatable bonds is 2. The van der Waals surface area contributed by atoms with Crippen LogP contribution in [0.1, 0.15) is 12.1 Å². The summed E-state index contributed by atoms with van der Waals surface area (Å²) in [4.78, 5) is 6.60. The van der Waals surface area contributed by atoms with Gasteiger partial charge in [-0.3, -0.25) is 0 Å². The van der Waals surface area contributed by atoms with Gasteiger partial charge in [0.25, 0.3) is 0 Å². The molecule has 0 atom stereocenters. The van der Waals surface area contributed by atoms with Crippen molar-refractivity contribution in [2.75, 3.05) is 6.54 Å². The molecule has 0 bridgehead atoms. The van der Waals surface area contributed by atoms with Gasteiger partial charge in [0.1, 0.15) is 5.69 Å². The van der Waals surface area contributed by atoms with Crippen LogP contribution in [0.3, 0.4) is 0 Å². The summed E-state index contributed by atoms with van der Waals surface area (Å²) in [6, 6.07) is 3.47. The second kappa shape index (κ2) is 5.87. The van der Waals surface area contributed by atoms with E-state index in [1.807, 2.05) is 0 Å². The minimum atomic E-state index is 0.386. The van der Waals surface area contributed by atoms with Crippen LogP contribution < -0.4 is 0 Å². The number of halogens is 1. The van der Waals surface area contributed by atoms with Gasteiger partial charge in [0, 0.05) is 24.1 Å². The zero-order chi connectivity index (χ0) is 10.2. The summed E-state index contributed by atoms with van der Waals surface area (Å²) in [5.74, 6) is 5.66. The molecule has 0 aliphatic heterocycles. The van der Waals surface area contributed by atoms with Gasteiger partial charge in [-0.25, -0.2) is 4.98 Å². The van der Waals surface area contributed by atoms with Crippen LogP contribution in [0.5, 0.6) is 0 Å². The molecule has 0 saturated heterocycles. The van der Waals surface area contributed by atoms with E-state index in [-0.39, 0.29) is 0 Å². The van der Waals surface area contributed by atoms with Gasteiger partial charge in [-0.05, 0) is 23.6 Å². The Hall–Kier alpha value is -1.69. The van der Waals surface area contributed by atoms with E-state index in [4.69, 9.17) is 17.1 Å². The lowest BCUT2D eigenvalue weighted by molar-refractivity contribution is 1.01. The molecular weight excluding hydrogens is 200 g/mol. The van der Waals surface area contributed by atoms with E-state index in [9.17, 15) is 0 Å². The maximum Gasteiger partial charge on any atom is 0.113 e. The molecule has 5 heteroatoms. The maximum atomic E-state index is 8.00. The molecule has 0 N–H and O–H groups in total. The topological polar surface area (TPSA) is 61.7 Å². The quantitative estimate of drug-likeness (QED) is 0.241. The van der Waals surface area contributed by atoms with E-state index >= 15 is 0 Å². The number of nitrogens with zero attached hydrogens (tertiary/aromatic N) is 4. The lowest BCUT2D eigenvalue weighted by Gasteiger charge is -1.88. The van der Waals surface area contributed by atoms with Crippen LogP contribution in [0.15, 0.2) is 23.4 Å². The summed E-state index contributed by atoms with van der Waals surface area (Å²) >= 11 is 5.65. The number of pyridine rings is 1. The summed E-state index contributed by atoms with van der Waals surface area (Å²) in [7, 11) is 0.